The number of halogens is 1. The van der Waals surface area contributed by atoms with Crippen molar-refractivity contribution in [2.75, 3.05) is 34.2 Å². The van der Waals surface area contributed by atoms with Gasteiger partial charge in [0, 0.05) is 32.4 Å². The molecule has 0 bridgehead atoms. The zero-order valence-electron chi connectivity index (χ0n) is 17.6. The van der Waals surface area contributed by atoms with Gasteiger partial charge >= 0.3 is 0 Å². The predicted octanol–water partition coefficient (Wildman–Crippen LogP) is 2.58. The minimum absolute atomic E-state index is 0. The molecule has 0 saturated heterocycles. The van der Waals surface area contributed by atoms with Gasteiger partial charge in [0.2, 0.25) is 0 Å². The molecule has 2 N–H and O–H groups in total. The number of rotatable bonds is 8. The highest BCUT2D eigenvalue weighted by atomic mass is 127. The molecule has 1 heterocycles. The summed E-state index contributed by atoms with van der Waals surface area (Å²) in [6.45, 7) is 5.49. The Morgan fingerprint density at radius 1 is 1.25 bits per heavy atom. The van der Waals surface area contributed by atoms with Crippen LogP contribution in [0.3, 0.4) is 0 Å². The average molecular weight is 500 g/mol. The number of nitrogens with one attached hydrogen (secondary N) is 2. The molecule has 2 unspecified atom stereocenters. The first-order valence-electron chi connectivity index (χ1n) is 9.22. The van der Waals surface area contributed by atoms with Crippen LogP contribution >= 0.6 is 24.0 Å². The molecule has 7 nitrogen and oxygen atoms in total. The van der Waals surface area contributed by atoms with E-state index in [9.17, 15) is 0 Å². The van der Waals surface area contributed by atoms with Crippen molar-refractivity contribution in [3.05, 3.63) is 47.8 Å². The lowest BCUT2D eigenvalue weighted by atomic mass is 10.1. The Balaban J connectivity index is 0.00000392. The molecule has 2 atom stereocenters. The second-order valence-electron chi connectivity index (χ2n) is 6.95. The van der Waals surface area contributed by atoms with Gasteiger partial charge in [0.15, 0.2) is 5.96 Å². The third kappa shape index (κ3) is 7.31. The third-order valence-electron chi connectivity index (χ3n) is 4.40. The lowest BCUT2D eigenvalue weighted by molar-refractivity contribution is 0.222. The summed E-state index contributed by atoms with van der Waals surface area (Å²) in [6.07, 6.45) is 3.97. The molecule has 1 aromatic heterocycles. The smallest absolute Gasteiger partial charge is 0.191 e. The molecule has 0 aliphatic heterocycles. The highest BCUT2D eigenvalue weighted by molar-refractivity contribution is 14.0. The molecule has 0 spiro atoms. The number of hydrogen-bond donors (Lipinski definition) is 2. The summed E-state index contributed by atoms with van der Waals surface area (Å²) in [5.41, 5.74) is 2.30. The summed E-state index contributed by atoms with van der Waals surface area (Å²) >= 11 is 0. The summed E-state index contributed by atoms with van der Waals surface area (Å²) < 4.78 is 7.83. The van der Waals surface area contributed by atoms with Gasteiger partial charge in [-0.05, 0) is 39.6 Å². The van der Waals surface area contributed by atoms with Crippen LogP contribution in [-0.2, 0) is 7.05 Å². The van der Waals surface area contributed by atoms with Gasteiger partial charge in [-0.3, -0.25) is 9.67 Å². The number of aryl methyl sites for hydroxylation is 2. The summed E-state index contributed by atoms with van der Waals surface area (Å²) in [5.74, 6) is 1.67. The Bertz CT molecular complexity index is 746. The average Bonchev–Trinajstić information content (AvgIpc) is 3.05. The SMILES string of the molecule is CN=C(NCC(C)Oc1ccccc1C)NCC(c1cnn(C)c1)N(C)C.I. The number of nitrogens with zero attached hydrogens (tertiary/aromatic N) is 4. The van der Waals surface area contributed by atoms with E-state index in [0.717, 1.165) is 23.8 Å². The molecule has 0 aliphatic rings. The lowest BCUT2D eigenvalue weighted by Crippen LogP contribution is -2.44. The minimum Gasteiger partial charge on any atom is -0.489 e. The van der Waals surface area contributed by atoms with E-state index >= 15 is 0 Å². The third-order valence-corrected chi connectivity index (χ3v) is 4.40. The molecule has 156 valence electrons. The summed E-state index contributed by atoms with van der Waals surface area (Å²) in [4.78, 5) is 6.48. The van der Waals surface area contributed by atoms with Crippen LogP contribution in [0.1, 0.15) is 24.1 Å². The fraction of sp³-hybridized carbons (Fsp3) is 0.500. The van der Waals surface area contributed by atoms with Crippen molar-refractivity contribution >= 4 is 29.9 Å². The van der Waals surface area contributed by atoms with Crippen molar-refractivity contribution in [1.82, 2.24) is 25.3 Å². The predicted molar refractivity (Wildman–Crippen MR) is 126 cm³/mol. The molecule has 2 aromatic rings. The Kier molecular flexibility index (Phi) is 10.3. The number of para-hydroxylation sites is 1. The molecule has 0 saturated carbocycles. The van der Waals surface area contributed by atoms with Gasteiger partial charge in [-0.15, -0.1) is 24.0 Å². The van der Waals surface area contributed by atoms with E-state index in [1.165, 1.54) is 5.56 Å². The second kappa shape index (κ2) is 11.9. The Labute approximate surface area is 185 Å². The number of guanidine groups is 1. The number of aliphatic imine (C=N–C) groups is 1. The fourth-order valence-corrected chi connectivity index (χ4v) is 2.81. The van der Waals surface area contributed by atoms with E-state index in [4.69, 9.17) is 4.74 Å². The van der Waals surface area contributed by atoms with Gasteiger partial charge in [-0.2, -0.15) is 5.10 Å². The van der Waals surface area contributed by atoms with E-state index < -0.39 is 0 Å². The van der Waals surface area contributed by atoms with Crippen LogP contribution in [0, 0.1) is 6.92 Å². The Morgan fingerprint density at radius 3 is 2.50 bits per heavy atom. The largest absolute Gasteiger partial charge is 0.489 e. The van der Waals surface area contributed by atoms with Gasteiger partial charge in [0.05, 0.1) is 18.8 Å². The highest BCUT2D eigenvalue weighted by Crippen LogP contribution is 2.18. The summed E-state index contributed by atoms with van der Waals surface area (Å²) in [5, 5.41) is 11.0. The van der Waals surface area contributed by atoms with Crippen LogP contribution in [0.4, 0.5) is 0 Å². The van der Waals surface area contributed by atoms with Crippen LogP contribution in [-0.4, -0.2) is 61.0 Å². The first-order valence-corrected chi connectivity index (χ1v) is 9.22. The molecule has 28 heavy (non-hydrogen) atoms. The van der Waals surface area contributed by atoms with E-state index in [0.29, 0.717) is 6.54 Å². The molecule has 0 radical (unpaired) electrons. The molecule has 2 rings (SSSR count). The van der Waals surface area contributed by atoms with Gasteiger partial charge in [0.25, 0.3) is 0 Å². The number of likely N-dealkylation sites (N-methyl/N-ethyl adjacent to an activating group) is 1. The van der Waals surface area contributed by atoms with Gasteiger partial charge < -0.3 is 20.3 Å². The van der Waals surface area contributed by atoms with Crippen molar-refractivity contribution in [3.63, 3.8) is 0 Å². The zero-order valence-corrected chi connectivity index (χ0v) is 20.0. The van der Waals surface area contributed by atoms with Gasteiger partial charge in [-0.25, -0.2) is 0 Å². The van der Waals surface area contributed by atoms with Crippen LogP contribution in [0.2, 0.25) is 0 Å². The molecule has 0 fully saturated rings. The number of benzene rings is 1. The fourth-order valence-electron chi connectivity index (χ4n) is 2.81. The number of ether oxygens (including phenoxy) is 1. The maximum absolute atomic E-state index is 6.01. The summed E-state index contributed by atoms with van der Waals surface area (Å²) in [6, 6.07) is 8.26. The van der Waals surface area contributed by atoms with E-state index in [1.54, 1.807) is 7.05 Å². The number of hydrogen-bond acceptors (Lipinski definition) is 4. The molecule has 0 amide bonds. The zero-order chi connectivity index (χ0) is 19.8. The van der Waals surface area contributed by atoms with Crippen molar-refractivity contribution in [3.8, 4) is 5.75 Å². The minimum atomic E-state index is 0. The Morgan fingerprint density at radius 2 is 1.93 bits per heavy atom. The molecular formula is C20H33IN6O. The highest BCUT2D eigenvalue weighted by Gasteiger charge is 2.16. The number of aromatic nitrogens is 2. The standard InChI is InChI=1S/C20H32N6O.HI/c1-15-9-7-8-10-19(15)27-16(2)11-22-20(21-3)23-13-18(25(4)5)17-12-24-26(6)14-17;/h7-10,12,14,16,18H,11,13H2,1-6H3,(H2,21,22,23);1H. The molecule has 0 aliphatic carbocycles. The van der Waals surface area contributed by atoms with Crippen LogP contribution < -0.4 is 15.4 Å². The molecule has 1 aromatic carbocycles. The normalized spacial score (nSPS) is 13.6. The molecule has 8 heteroatoms. The van der Waals surface area contributed by atoms with Gasteiger partial charge in [0.1, 0.15) is 11.9 Å². The first-order chi connectivity index (χ1) is 12.9. The monoisotopic (exact) mass is 500 g/mol. The van der Waals surface area contributed by atoms with Crippen LogP contribution in [0.5, 0.6) is 5.75 Å². The first kappa shape index (κ1) is 24.2. The van der Waals surface area contributed by atoms with Crippen molar-refractivity contribution < 1.29 is 4.74 Å². The summed E-state index contributed by atoms with van der Waals surface area (Å²) in [7, 11) is 7.83. The van der Waals surface area contributed by atoms with Crippen LogP contribution in [0.15, 0.2) is 41.7 Å². The Hall–Kier alpha value is -1.81. The lowest BCUT2D eigenvalue weighted by Gasteiger charge is -2.25. The molecular weight excluding hydrogens is 467 g/mol. The van der Waals surface area contributed by atoms with E-state index in [-0.39, 0.29) is 36.1 Å². The van der Waals surface area contributed by atoms with E-state index in [2.05, 4.69) is 52.7 Å². The topological polar surface area (TPSA) is 66.7 Å². The second-order valence-corrected chi connectivity index (χ2v) is 6.95. The van der Waals surface area contributed by atoms with Crippen LogP contribution in [0.25, 0.3) is 0 Å². The van der Waals surface area contributed by atoms with Crippen molar-refractivity contribution in [1.29, 1.82) is 0 Å². The maximum Gasteiger partial charge on any atom is 0.191 e. The van der Waals surface area contributed by atoms with Gasteiger partial charge in [-0.1, -0.05) is 18.2 Å². The quantitative estimate of drug-likeness (QED) is 0.332. The van der Waals surface area contributed by atoms with Crippen molar-refractivity contribution in [2.24, 2.45) is 12.0 Å². The van der Waals surface area contributed by atoms with Crippen molar-refractivity contribution in [2.45, 2.75) is 26.0 Å². The van der Waals surface area contributed by atoms with E-state index in [1.807, 2.05) is 49.2 Å². The maximum atomic E-state index is 6.01.